The summed E-state index contributed by atoms with van der Waals surface area (Å²) in [5.74, 6) is 1.20. The third-order valence-electron chi connectivity index (χ3n) is 7.11. The normalized spacial score (nSPS) is 17.3. The van der Waals surface area contributed by atoms with Crippen molar-refractivity contribution in [3.8, 4) is 40.2 Å². The van der Waals surface area contributed by atoms with Gasteiger partial charge in [-0.3, -0.25) is 0 Å². The van der Waals surface area contributed by atoms with E-state index in [0.717, 1.165) is 11.1 Å². The van der Waals surface area contributed by atoms with Crippen molar-refractivity contribution < 1.29 is 54.0 Å². The van der Waals surface area contributed by atoms with Crippen LogP contribution in [0.2, 0.25) is 0 Å². The lowest BCUT2D eigenvalue weighted by molar-refractivity contribution is -0.00180. The maximum Gasteiger partial charge on any atom is 0.204 e. The summed E-state index contributed by atoms with van der Waals surface area (Å²) in [6.07, 6.45) is 0.275. The van der Waals surface area contributed by atoms with Crippen molar-refractivity contribution in [1.82, 2.24) is 0 Å². The minimum absolute atomic E-state index is 0.0956. The van der Waals surface area contributed by atoms with Crippen molar-refractivity contribution in [3.63, 3.8) is 0 Å². The van der Waals surface area contributed by atoms with Crippen molar-refractivity contribution in [2.75, 3.05) is 48.3 Å². The van der Waals surface area contributed by atoms with Gasteiger partial charge in [-0.1, -0.05) is 18.2 Å². The second-order valence-electron chi connectivity index (χ2n) is 9.52. The number of methoxy groups -OCH3 is 4. The number of aliphatic hydroxyl groups excluding tert-OH is 4. The van der Waals surface area contributed by atoms with Crippen LogP contribution in [0.4, 0.5) is 0 Å². The number of fused-ring (bicyclic) bond motifs is 1. The van der Waals surface area contributed by atoms with Crippen LogP contribution in [0.1, 0.15) is 40.4 Å². The zero-order chi connectivity index (χ0) is 30.4. The Morgan fingerprint density at radius 1 is 0.857 bits per heavy atom. The molecule has 0 aliphatic carbocycles. The molecule has 4 atom stereocenters. The predicted molar refractivity (Wildman–Crippen MR) is 153 cm³/mol. The summed E-state index contributed by atoms with van der Waals surface area (Å²) in [6, 6.07) is 11.3. The van der Waals surface area contributed by atoms with Crippen LogP contribution in [-0.4, -0.2) is 79.9 Å². The lowest BCUT2D eigenvalue weighted by atomic mass is 9.90. The second kappa shape index (κ2) is 13.7. The van der Waals surface area contributed by atoms with Gasteiger partial charge in [0.25, 0.3) is 0 Å². The zero-order valence-corrected chi connectivity index (χ0v) is 23.8. The van der Waals surface area contributed by atoms with E-state index >= 15 is 0 Å². The zero-order valence-electron chi connectivity index (χ0n) is 23.8. The number of aliphatic hydroxyl groups is 4. The third-order valence-corrected chi connectivity index (χ3v) is 7.11. The molecule has 0 bridgehead atoms. The van der Waals surface area contributed by atoms with E-state index < -0.39 is 30.8 Å². The highest BCUT2D eigenvalue weighted by Crippen LogP contribution is 2.53. The van der Waals surface area contributed by atoms with Crippen molar-refractivity contribution in [2.45, 2.75) is 24.2 Å². The van der Waals surface area contributed by atoms with E-state index in [1.54, 1.807) is 30.4 Å². The topological polar surface area (TPSA) is 157 Å². The number of phenols is 1. The number of ether oxygens (including phenoxy) is 6. The van der Waals surface area contributed by atoms with Crippen LogP contribution in [0.3, 0.4) is 0 Å². The van der Waals surface area contributed by atoms with Gasteiger partial charge in [0.2, 0.25) is 5.75 Å². The number of aromatic hydroxyl groups is 1. The Kier molecular flexibility index (Phi) is 10.0. The van der Waals surface area contributed by atoms with Crippen LogP contribution in [0.25, 0.3) is 6.08 Å². The van der Waals surface area contributed by atoms with E-state index in [-0.39, 0.29) is 42.0 Å². The molecule has 3 aromatic rings. The van der Waals surface area contributed by atoms with Crippen LogP contribution in [0, 0.1) is 0 Å². The molecule has 1 aliphatic rings. The molecule has 0 unspecified atom stereocenters. The highest BCUT2D eigenvalue weighted by molar-refractivity contribution is 5.63. The molecule has 0 spiro atoms. The van der Waals surface area contributed by atoms with E-state index in [1.807, 2.05) is 6.07 Å². The molecule has 3 aromatic carbocycles. The van der Waals surface area contributed by atoms with E-state index in [1.165, 1.54) is 46.6 Å². The van der Waals surface area contributed by atoms with Crippen LogP contribution in [0.15, 0.2) is 48.5 Å². The average molecular weight is 585 g/mol. The first-order valence-electron chi connectivity index (χ1n) is 13.2. The summed E-state index contributed by atoms with van der Waals surface area (Å²) >= 11 is 0. The molecule has 11 heteroatoms. The smallest absolute Gasteiger partial charge is 0.204 e. The van der Waals surface area contributed by atoms with Crippen molar-refractivity contribution in [3.05, 3.63) is 70.8 Å². The lowest BCUT2D eigenvalue weighted by Gasteiger charge is -2.26. The first-order valence-corrected chi connectivity index (χ1v) is 13.2. The highest BCUT2D eigenvalue weighted by Gasteiger charge is 2.39. The summed E-state index contributed by atoms with van der Waals surface area (Å²) in [7, 11) is 5.80. The maximum absolute atomic E-state index is 11.0. The fourth-order valence-corrected chi connectivity index (χ4v) is 4.98. The van der Waals surface area contributed by atoms with Crippen molar-refractivity contribution >= 4 is 6.08 Å². The largest absolute Gasteiger partial charge is 0.504 e. The lowest BCUT2D eigenvalue weighted by Crippen LogP contribution is -2.29. The van der Waals surface area contributed by atoms with E-state index in [4.69, 9.17) is 28.4 Å². The van der Waals surface area contributed by atoms with Gasteiger partial charge < -0.3 is 54.0 Å². The van der Waals surface area contributed by atoms with Crippen LogP contribution < -0.4 is 28.4 Å². The Bertz CT molecular complexity index is 1380. The molecule has 4 rings (SSSR count). The van der Waals surface area contributed by atoms with Gasteiger partial charge in [-0.05, 0) is 47.5 Å². The van der Waals surface area contributed by atoms with Crippen LogP contribution >= 0.6 is 0 Å². The van der Waals surface area contributed by atoms with Gasteiger partial charge in [-0.2, -0.15) is 0 Å². The maximum atomic E-state index is 11.0. The van der Waals surface area contributed by atoms with Gasteiger partial charge in [0.05, 0.1) is 54.2 Å². The standard InChI is InChI=1S/C31H36O11/c1-37-23-12-18(7-8-22(23)35)28(36)27(16-34)41-31-25(39-3)13-19(14-26(31)40-4)29-21(15-33)20-10-17(6-5-9-32)11-24(38-2)30(20)42-29/h5-8,10-14,21,27-29,32-36H,9,15-16H2,1-4H3/t21-,27-,28+,29+/m0/s1. The molecule has 0 radical (unpaired) electrons. The Balaban J connectivity index is 1.69. The predicted octanol–water partition coefficient (Wildman–Crippen LogP) is 3.12. The number of hydrogen-bond donors (Lipinski definition) is 5. The Labute approximate surface area is 243 Å². The molecule has 1 aliphatic heterocycles. The van der Waals surface area contributed by atoms with Crippen molar-refractivity contribution in [1.29, 1.82) is 0 Å². The second-order valence-corrected chi connectivity index (χ2v) is 9.52. The quantitative estimate of drug-likeness (QED) is 0.201. The van der Waals surface area contributed by atoms with Gasteiger partial charge in [-0.25, -0.2) is 0 Å². The fourth-order valence-electron chi connectivity index (χ4n) is 4.98. The Morgan fingerprint density at radius 2 is 1.52 bits per heavy atom. The molecule has 0 fully saturated rings. The monoisotopic (exact) mass is 584 g/mol. The molecule has 11 nitrogen and oxygen atoms in total. The average Bonchev–Trinajstić information content (AvgIpc) is 3.40. The molecule has 0 amide bonds. The molecule has 226 valence electrons. The molecular weight excluding hydrogens is 548 g/mol. The van der Waals surface area contributed by atoms with Gasteiger partial charge in [0.1, 0.15) is 12.2 Å². The molecule has 5 N–H and O–H groups in total. The first-order chi connectivity index (χ1) is 20.3. The molecular formula is C31H36O11. The summed E-state index contributed by atoms with van der Waals surface area (Å²) in [6.45, 7) is -0.905. The van der Waals surface area contributed by atoms with Crippen LogP contribution in [-0.2, 0) is 0 Å². The molecule has 0 saturated carbocycles. The van der Waals surface area contributed by atoms with Gasteiger partial charge >= 0.3 is 0 Å². The number of hydrogen-bond acceptors (Lipinski definition) is 11. The molecule has 42 heavy (non-hydrogen) atoms. The minimum atomic E-state index is -1.30. The first kappa shape index (κ1) is 30.8. The summed E-state index contributed by atoms with van der Waals surface area (Å²) in [5, 5.41) is 50.6. The van der Waals surface area contributed by atoms with Gasteiger partial charge in [0.15, 0.2) is 40.6 Å². The molecule has 1 heterocycles. The Morgan fingerprint density at radius 3 is 2.10 bits per heavy atom. The summed E-state index contributed by atoms with van der Waals surface area (Å²) in [4.78, 5) is 0. The van der Waals surface area contributed by atoms with E-state index in [9.17, 15) is 25.5 Å². The number of phenolic OH excluding ortho intramolecular Hbond substituents is 1. The minimum Gasteiger partial charge on any atom is -0.504 e. The van der Waals surface area contributed by atoms with Gasteiger partial charge in [-0.15, -0.1) is 0 Å². The van der Waals surface area contributed by atoms with E-state index in [0.29, 0.717) is 22.6 Å². The fraction of sp³-hybridized carbons (Fsp3) is 0.355. The van der Waals surface area contributed by atoms with Crippen LogP contribution in [0.5, 0.6) is 40.2 Å². The van der Waals surface area contributed by atoms with E-state index in [2.05, 4.69) is 0 Å². The number of benzene rings is 3. The summed E-state index contributed by atoms with van der Waals surface area (Å²) < 4.78 is 34.3. The van der Waals surface area contributed by atoms with Gasteiger partial charge in [0, 0.05) is 11.1 Å². The highest BCUT2D eigenvalue weighted by atomic mass is 16.6. The molecule has 0 aromatic heterocycles. The Hall–Kier alpha value is -4.16. The molecule has 0 saturated heterocycles. The summed E-state index contributed by atoms with van der Waals surface area (Å²) in [5.41, 5.74) is 2.49. The third kappa shape index (κ3) is 6.04. The van der Waals surface area contributed by atoms with Crippen molar-refractivity contribution in [2.24, 2.45) is 0 Å². The number of rotatable bonds is 13. The SMILES string of the molecule is COc1cc([C@@H](O)[C@H](CO)Oc2c(OC)cc([C@H]3Oc4c(OC)cc(C=CCO)cc4[C@@H]3CO)cc2OC)ccc1O.